The van der Waals surface area contributed by atoms with Crippen molar-refractivity contribution in [2.45, 2.75) is 33.1 Å². The van der Waals surface area contributed by atoms with Crippen molar-refractivity contribution < 1.29 is 19.4 Å². The Labute approximate surface area is 130 Å². The van der Waals surface area contributed by atoms with E-state index in [2.05, 4.69) is 6.92 Å². The predicted octanol–water partition coefficient (Wildman–Crippen LogP) is 2.80. The number of likely N-dealkylation sites (tertiary alicyclic amines) is 1. The Morgan fingerprint density at radius 1 is 1.32 bits per heavy atom. The summed E-state index contributed by atoms with van der Waals surface area (Å²) in [4.78, 5) is 25.3. The van der Waals surface area contributed by atoms with E-state index in [-0.39, 0.29) is 12.5 Å². The SMILES string of the molecule is CCCCOc1ccc(C(=O)N2CCC(C)(C(=O)O)C2)cc1. The molecular weight excluding hydrogens is 282 g/mol. The number of hydrogen-bond donors (Lipinski definition) is 1. The summed E-state index contributed by atoms with van der Waals surface area (Å²) in [5, 5.41) is 9.23. The van der Waals surface area contributed by atoms with Gasteiger partial charge in [-0.3, -0.25) is 9.59 Å². The number of unbranched alkanes of at least 4 members (excludes halogenated alkanes) is 1. The third-order valence-corrected chi connectivity index (χ3v) is 4.14. The van der Waals surface area contributed by atoms with Gasteiger partial charge < -0.3 is 14.7 Å². The first-order valence-corrected chi connectivity index (χ1v) is 7.72. The molecule has 1 atom stereocenters. The summed E-state index contributed by atoms with van der Waals surface area (Å²) >= 11 is 0. The van der Waals surface area contributed by atoms with Gasteiger partial charge in [0.05, 0.1) is 12.0 Å². The Balaban J connectivity index is 1.97. The van der Waals surface area contributed by atoms with Crippen LogP contribution in [0.4, 0.5) is 0 Å². The average Bonchev–Trinajstić information content (AvgIpc) is 2.91. The van der Waals surface area contributed by atoms with Gasteiger partial charge in [-0.2, -0.15) is 0 Å². The van der Waals surface area contributed by atoms with Crippen molar-refractivity contribution in [3.8, 4) is 5.75 Å². The van der Waals surface area contributed by atoms with E-state index in [1.165, 1.54) is 0 Å². The van der Waals surface area contributed by atoms with E-state index in [1.807, 2.05) is 0 Å². The number of hydrogen-bond acceptors (Lipinski definition) is 3. The van der Waals surface area contributed by atoms with Crippen LogP contribution in [-0.2, 0) is 4.79 Å². The molecule has 1 unspecified atom stereocenters. The van der Waals surface area contributed by atoms with Crippen LogP contribution in [0, 0.1) is 5.41 Å². The maximum absolute atomic E-state index is 12.4. The van der Waals surface area contributed by atoms with Crippen LogP contribution in [0.3, 0.4) is 0 Å². The number of benzene rings is 1. The van der Waals surface area contributed by atoms with E-state index >= 15 is 0 Å². The van der Waals surface area contributed by atoms with Gasteiger partial charge in [0.2, 0.25) is 0 Å². The molecular formula is C17H23NO4. The number of nitrogens with zero attached hydrogens (tertiary/aromatic N) is 1. The lowest BCUT2D eigenvalue weighted by atomic mass is 9.90. The van der Waals surface area contributed by atoms with Gasteiger partial charge in [0.15, 0.2) is 0 Å². The minimum atomic E-state index is -0.845. The lowest BCUT2D eigenvalue weighted by Crippen LogP contribution is -2.34. The van der Waals surface area contributed by atoms with Crippen molar-refractivity contribution in [1.82, 2.24) is 4.90 Å². The van der Waals surface area contributed by atoms with E-state index in [4.69, 9.17) is 4.74 Å². The summed E-state index contributed by atoms with van der Waals surface area (Å²) in [5.74, 6) is -0.214. The fraction of sp³-hybridized carbons (Fsp3) is 0.529. The molecule has 1 aliphatic rings. The van der Waals surface area contributed by atoms with Gasteiger partial charge in [0.25, 0.3) is 5.91 Å². The van der Waals surface area contributed by atoms with E-state index < -0.39 is 11.4 Å². The second-order valence-electron chi connectivity index (χ2n) is 6.07. The number of amides is 1. The zero-order chi connectivity index (χ0) is 16.2. The Morgan fingerprint density at radius 3 is 2.55 bits per heavy atom. The molecule has 1 amide bonds. The summed E-state index contributed by atoms with van der Waals surface area (Å²) in [5.41, 5.74) is -0.267. The third kappa shape index (κ3) is 3.59. The van der Waals surface area contributed by atoms with Gasteiger partial charge in [-0.25, -0.2) is 0 Å². The van der Waals surface area contributed by atoms with E-state index in [9.17, 15) is 14.7 Å². The zero-order valence-electron chi connectivity index (χ0n) is 13.2. The van der Waals surface area contributed by atoms with Crippen molar-refractivity contribution in [2.24, 2.45) is 5.41 Å². The highest BCUT2D eigenvalue weighted by Gasteiger charge is 2.42. The molecule has 0 aromatic heterocycles. The number of carboxylic acids is 1. The maximum Gasteiger partial charge on any atom is 0.311 e. The van der Waals surface area contributed by atoms with Gasteiger partial charge in [-0.05, 0) is 44.0 Å². The molecule has 1 N–H and O–H groups in total. The van der Waals surface area contributed by atoms with Crippen LogP contribution in [0.25, 0.3) is 0 Å². The number of aliphatic carboxylic acids is 1. The number of carboxylic acid groups (broad SMARTS) is 1. The molecule has 22 heavy (non-hydrogen) atoms. The molecule has 1 aromatic rings. The highest BCUT2D eigenvalue weighted by atomic mass is 16.5. The molecule has 0 bridgehead atoms. The van der Waals surface area contributed by atoms with Crippen molar-refractivity contribution >= 4 is 11.9 Å². The van der Waals surface area contributed by atoms with Gasteiger partial charge in [-0.15, -0.1) is 0 Å². The Bertz CT molecular complexity index is 540. The van der Waals surface area contributed by atoms with Gasteiger partial charge in [0.1, 0.15) is 5.75 Å². The van der Waals surface area contributed by atoms with Crippen molar-refractivity contribution in [3.63, 3.8) is 0 Å². The summed E-state index contributed by atoms with van der Waals surface area (Å²) in [7, 11) is 0. The van der Waals surface area contributed by atoms with Crippen LogP contribution in [0.15, 0.2) is 24.3 Å². The lowest BCUT2D eigenvalue weighted by molar-refractivity contribution is -0.147. The monoisotopic (exact) mass is 305 g/mol. The summed E-state index contributed by atoms with van der Waals surface area (Å²) in [6.07, 6.45) is 2.57. The van der Waals surface area contributed by atoms with Crippen LogP contribution >= 0.6 is 0 Å². The Kier molecular flexibility index (Phi) is 5.06. The van der Waals surface area contributed by atoms with Crippen molar-refractivity contribution in [1.29, 1.82) is 0 Å². The third-order valence-electron chi connectivity index (χ3n) is 4.14. The topological polar surface area (TPSA) is 66.8 Å². The van der Waals surface area contributed by atoms with Crippen LogP contribution in [0.2, 0.25) is 0 Å². The fourth-order valence-electron chi connectivity index (χ4n) is 2.52. The fourth-order valence-corrected chi connectivity index (χ4v) is 2.52. The summed E-state index contributed by atoms with van der Waals surface area (Å²) < 4.78 is 5.57. The van der Waals surface area contributed by atoms with Crippen molar-refractivity contribution in [3.05, 3.63) is 29.8 Å². The quantitative estimate of drug-likeness (QED) is 0.821. The summed E-state index contributed by atoms with van der Waals surface area (Å²) in [6.45, 7) is 5.21. The number of carbonyl (C=O) groups excluding carboxylic acids is 1. The number of carbonyl (C=O) groups is 2. The molecule has 0 saturated carbocycles. The normalized spacial score (nSPS) is 20.9. The van der Waals surface area contributed by atoms with Crippen LogP contribution in [0.5, 0.6) is 5.75 Å². The Morgan fingerprint density at radius 2 is 2.00 bits per heavy atom. The molecule has 1 aliphatic heterocycles. The van der Waals surface area contributed by atoms with Crippen molar-refractivity contribution in [2.75, 3.05) is 19.7 Å². The van der Waals surface area contributed by atoms with E-state index in [1.54, 1.807) is 36.1 Å². The van der Waals surface area contributed by atoms with Gasteiger partial charge in [-0.1, -0.05) is 13.3 Å². The molecule has 2 rings (SSSR count). The lowest BCUT2D eigenvalue weighted by Gasteiger charge is -2.20. The predicted molar refractivity (Wildman–Crippen MR) is 83.1 cm³/mol. The largest absolute Gasteiger partial charge is 0.494 e. The molecule has 0 aliphatic carbocycles. The minimum Gasteiger partial charge on any atom is -0.494 e. The summed E-state index contributed by atoms with van der Waals surface area (Å²) in [6, 6.07) is 7.05. The molecule has 5 nitrogen and oxygen atoms in total. The number of ether oxygens (including phenoxy) is 1. The molecule has 1 aromatic carbocycles. The Hall–Kier alpha value is -2.04. The van der Waals surface area contributed by atoms with Crippen LogP contribution in [-0.4, -0.2) is 41.6 Å². The second kappa shape index (κ2) is 6.81. The first kappa shape index (κ1) is 16.3. The standard InChI is InChI=1S/C17H23NO4/c1-3-4-11-22-14-7-5-13(6-8-14)15(19)18-10-9-17(2,12-18)16(20)21/h5-8H,3-4,9-12H2,1-2H3,(H,20,21). The van der Waals surface area contributed by atoms with Crippen LogP contribution in [0.1, 0.15) is 43.5 Å². The molecule has 120 valence electrons. The highest BCUT2D eigenvalue weighted by molar-refractivity contribution is 5.95. The first-order valence-electron chi connectivity index (χ1n) is 7.72. The van der Waals surface area contributed by atoms with Gasteiger partial charge in [0, 0.05) is 18.7 Å². The molecule has 1 heterocycles. The average molecular weight is 305 g/mol. The highest BCUT2D eigenvalue weighted by Crippen LogP contribution is 2.31. The molecule has 0 radical (unpaired) electrons. The molecule has 1 fully saturated rings. The molecule has 5 heteroatoms. The van der Waals surface area contributed by atoms with Crippen LogP contribution < -0.4 is 4.74 Å². The minimum absolute atomic E-state index is 0.120. The van der Waals surface area contributed by atoms with E-state index in [0.29, 0.717) is 25.1 Å². The second-order valence-corrected chi connectivity index (χ2v) is 6.07. The molecule has 0 spiro atoms. The first-order chi connectivity index (χ1) is 10.5. The number of rotatable bonds is 6. The van der Waals surface area contributed by atoms with E-state index in [0.717, 1.165) is 18.6 Å². The molecule has 1 saturated heterocycles. The smallest absolute Gasteiger partial charge is 0.311 e. The van der Waals surface area contributed by atoms with Gasteiger partial charge >= 0.3 is 5.97 Å². The maximum atomic E-state index is 12.4. The zero-order valence-corrected chi connectivity index (χ0v) is 13.2.